The second kappa shape index (κ2) is 7.87. The summed E-state index contributed by atoms with van der Waals surface area (Å²) in [5.41, 5.74) is 1.17. The van der Waals surface area contributed by atoms with Crippen molar-refractivity contribution < 1.29 is 14.3 Å². The van der Waals surface area contributed by atoms with Crippen LogP contribution in [0, 0.1) is 0 Å². The summed E-state index contributed by atoms with van der Waals surface area (Å²) in [4.78, 5) is 17.7. The van der Waals surface area contributed by atoms with E-state index in [9.17, 15) is 4.79 Å². The lowest BCUT2D eigenvalue weighted by atomic mass is 10.0. The standard InChI is InChI=1S/C21H30N2O3/c1-16(22-10-4-2-3-5-11-22)21(24)23-12-6-7-18(23)17-8-9-19-20(15-17)26-14-13-25-19/h8-9,15-16,18H,2-7,10-14H2,1H3. The number of likely N-dealkylation sites (tertiary alicyclic amines) is 2. The molecule has 1 aromatic carbocycles. The lowest BCUT2D eigenvalue weighted by Crippen LogP contribution is -2.47. The third-order valence-electron chi connectivity index (χ3n) is 6.03. The highest BCUT2D eigenvalue weighted by Gasteiger charge is 2.35. The summed E-state index contributed by atoms with van der Waals surface area (Å²) >= 11 is 0. The van der Waals surface area contributed by atoms with Crippen molar-refractivity contribution in [2.45, 2.75) is 57.5 Å². The fraction of sp³-hybridized carbons (Fsp3) is 0.667. The first kappa shape index (κ1) is 17.7. The van der Waals surface area contributed by atoms with Crippen LogP contribution in [0.2, 0.25) is 0 Å². The summed E-state index contributed by atoms with van der Waals surface area (Å²) < 4.78 is 11.4. The molecule has 1 aromatic rings. The molecule has 0 radical (unpaired) electrons. The number of benzene rings is 1. The molecule has 3 heterocycles. The van der Waals surface area contributed by atoms with E-state index in [-0.39, 0.29) is 18.0 Å². The number of ether oxygens (including phenoxy) is 2. The predicted molar refractivity (Wildman–Crippen MR) is 101 cm³/mol. The molecule has 2 atom stereocenters. The highest BCUT2D eigenvalue weighted by atomic mass is 16.6. The topological polar surface area (TPSA) is 42.0 Å². The van der Waals surface area contributed by atoms with Crippen molar-refractivity contribution in [3.63, 3.8) is 0 Å². The normalized spacial score (nSPS) is 25.0. The molecular formula is C21H30N2O3. The smallest absolute Gasteiger partial charge is 0.240 e. The number of fused-ring (bicyclic) bond motifs is 1. The van der Waals surface area contributed by atoms with E-state index >= 15 is 0 Å². The fourth-order valence-electron chi connectivity index (χ4n) is 4.52. The van der Waals surface area contributed by atoms with Crippen LogP contribution in [0.3, 0.4) is 0 Å². The van der Waals surface area contributed by atoms with E-state index < -0.39 is 0 Å². The van der Waals surface area contributed by atoms with Crippen LogP contribution in [0.25, 0.3) is 0 Å². The molecule has 142 valence electrons. The maximum atomic E-state index is 13.3. The van der Waals surface area contributed by atoms with Gasteiger partial charge >= 0.3 is 0 Å². The van der Waals surface area contributed by atoms with Gasteiger partial charge in [0.25, 0.3) is 0 Å². The van der Waals surface area contributed by atoms with Crippen LogP contribution in [0.1, 0.15) is 57.1 Å². The number of hydrogen-bond acceptors (Lipinski definition) is 4. The van der Waals surface area contributed by atoms with Crippen LogP contribution in [0.5, 0.6) is 11.5 Å². The monoisotopic (exact) mass is 358 g/mol. The first-order valence-electron chi connectivity index (χ1n) is 10.2. The van der Waals surface area contributed by atoms with Gasteiger partial charge in [0.15, 0.2) is 11.5 Å². The van der Waals surface area contributed by atoms with Gasteiger partial charge in [-0.3, -0.25) is 9.69 Å². The lowest BCUT2D eigenvalue weighted by molar-refractivity contribution is -0.137. The van der Waals surface area contributed by atoms with Gasteiger partial charge in [0.1, 0.15) is 13.2 Å². The average molecular weight is 358 g/mol. The fourth-order valence-corrected chi connectivity index (χ4v) is 4.52. The Bertz CT molecular complexity index is 640. The van der Waals surface area contributed by atoms with Crippen molar-refractivity contribution in [2.75, 3.05) is 32.8 Å². The maximum absolute atomic E-state index is 13.3. The molecule has 0 spiro atoms. The number of hydrogen-bond donors (Lipinski definition) is 0. The zero-order chi connectivity index (χ0) is 17.9. The van der Waals surface area contributed by atoms with Crippen LogP contribution in [0.4, 0.5) is 0 Å². The summed E-state index contributed by atoms with van der Waals surface area (Å²) in [6.07, 6.45) is 7.10. The summed E-state index contributed by atoms with van der Waals surface area (Å²) in [5, 5.41) is 0. The molecule has 0 saturated carbocycles. The van der Waals surface area contributed by atoms with E-state index in [4.69, 9.17) is 9.47 Å². The Hall–Kier alpha value is -1.75. The van der Waals surface area contributed by atoms with Crippen LogP contribution in [-0.2, 0) is 4.79 Å². The number of nitrogens with zero attached hydrogens (tertiary/aromatic N) is 2. The van der Waals surface area contributed by atoms with Crippen molar-refractivity contribution >= 4 is 5.91 Å². The number of carbonyl (C=O) groups is 1. The number of carbonyl (C=O) groups excluding carboxylic acids is 1. The lowest BCUT2D eigenvalue weighted by Gasteiger charge is -2.33. The van der Waals surface area contributed by atoms with Crippen LogP contribution in [-0.4, -0.2) is 54.6 Å². The highest BCUT2D eigenvalue weighted by Crippen LogP contribution is 2.38. The molecule has 2 fully saturated rings. The molecule has 0 bridgehead atoms. The Morgan fingerprint density at radius 2 is 1.73 bits per heavy atom. The third kappa shape index (κ3) is 3.54. The van der Waals surface area contributed by atoms with Gasteiger partial charge < -0.3 is 14.4 Å². The van der Waals surface area contributed by atoms with Gasteiger partial charge in [-0.05, 0) is 63.4 Å². The van der Waals surface area contributed by atoms with Crippen molar-refractivity contribution in [3.8, 4) is 11.5 Å². The molecule has 0 aromatic heterocycles. The van der Waals surface area contributed by atoms with Gasteiger partial charge in [-0.2, -0.15) is 0 Å². The molecule has 0 N–H and O–H groups in total. The second-order valence-electron chi connectivity index (χ2n) is 7.72. The first-order chi connectivity index (χ1) is 12.7. The maximum Gasteiger partial charge on any atom is 0.240 e. The SMILES string of the molecule is CC(C(=O)N1CCCC1c1ccc2c(c1)OCCO2)N1CCCCCC1. The molecule has 0 aliphatic carbocycles. The molecule has 5 nitrogen and oxygen atoms in total. The van der Waals surface area contributed by atoms with Crippen molar-refractivity contribution in [3.05, 3.63) is 23.8 Å². The Labute approximate surface area is 156 Å². The largest absolute Gasteiger partial charge is 0.486 e. The van der Waals surface area contributed by atoms with E-state index in [1.807, 2.05) is 6.07 Å². The number of amides is 1. The van der Waals surface area contributed by atoms with Crippen LogP contribution in [0.15, 0.2) is 18.2 Å². The van der Waals surface area contributed by atoms with Gasteiger partial charge in [-0.25, -0.2) is 0 Å². The van der Waals surface area contributed by atoms with Crippen molar-refractivity contribution in [1.29, 1.82) is 0 Å². The van der Waals surface area contributed by atoms with E-state index in [0.29, 0.717) is 13.2 Å². The Kier molecular flexibility index (Phi) is 5.34. The van der Waals surface area contributed by atoms with Crippen molar-refractivity contribution in [1.82, 2.24) is 9.80 Å². The van der Waals surface area contributed by atoms with Gasteiger partial charge in [0, 0.05) is 6.54 Å². The Morgan fingerprint density at radius 3 is 2.50 bits per heavy atom. The van der Waals surface area contributed by atoms with Gasteiger partial charge in [0.2, 0.25) is 5.91 Å². The summed E-state index contributed by atoms with van der Waals surface area (Å²) in [5.74, 6) is 1.91. The summed E-state index contributed by atoms with van der Waals surface area (Å²) in [6.45, 7) is 6.25. The minimum atomic E-state index is -0.0223. The second-order valence-corrected chi connectivity index (χ2v) is 7.72. The molecule has 1 amide bonds. The van der Waals surface area contributed by atoms with Gasteiger partial charge in [-0.15, -0.1) is 0 Å². The minimum Gasteiger partial charge on any atom is -0.486 e. The summed E-state index contributed by atoms with van der Waals surface area (Å²) in [6, 6.07) is 6.30. The molecule has 26 heavy (non-hydrogen) atoms. The van der Waals surface area contributed by atoms with E-state index in [2.05, 4.69) is 28.9 Å². The first-order valence-corrected chi connectivity index (χ1v) is 10.2. The number of rotatable bonds is 3. The van der Waals surface area contributed by atoms with Crippen LogP contribution < -0.4 is 9.47 Å². The molecule has 2 saturated heterocycles. The summed E-state index contributed by atoms with van der Waals surface area (Å²) in [7, 11) is 0. The van der Waals surface area contributed by atoms with E-state index in [0.717, 1.165) is 44.0 Å². The molecular weight excluding hydrogens is 328 g/mol. The highest BCUT2D eigenvalue weighted by molar-refractivity contribution is 5.82. The molecule has 2 unspecified atom stereocenters. The van der Waals surface area contributed by atoms with Gasteiger partial charge in [-0.1, -0.05) is 18.9 Å². The van der Waals surface area contributed by atoms with Crippen LogP contribution >= 0.6 is 0 Å². The molecule has 3 aliphatic heterocycles. The quantitative estimate of drug-likeness (QED) is 0.831. The third-order valence-corrected chi connectivity index (χ3v) is 6.03. The van der Waals surface area contributed by atoms with Gasteiger partial charge in [0.05, 0.1) is 12.1 Å². The molecule has 3 aliphatic rings. The average Bonchev–Trinajstić information content (AvgIpc) is 3.01. The van der Waals surface area contributed by atoms with E-state index in [1.165, 1.54) is 31.2 Å². The zero-order valence-electron chi connectivity index (χ0n) is 15.8. The van der Waals surface area contributed by atoms with Crippen molar-refractivity contribution in [2.24, 2.45) is 0 Å². The minimum absolute atomic E-state index is 0.0223. The van der Waals surface area contributed by atoms with E-state index in [1.54, 1.807) is 0 Å². The Balaban J connectivity index is 1.49. The molecule has 5 heteroatoms. The Morgan fingerprint density at radius 1 is 1.00 bits per heavy atom. The molecule has 4 rings (SSSR count). The predicted octanol–water partition coefficient (Wildman–Crippen LogP) is 3.39. The zero-order valence-corrected chi connectivity index (χ0v) is 15.8.